The monoisotopic (exact) mass is 322 g/mol. The molecule has 1 aromatic rings. The van der Waals surface area contributed by atoms with Gasteiger partial charge in [0, 0.05) is 11.4 Å². The third kappa shape index (κ3) is 3.01. The largest absolute Gasteiger partial charge is 0.548 e. The Bertz CT molecular complexity index is 591. The number of rotatable bonds is 3. The van der Waals surface area contributed by atoms with Crippen molar-refractivity contribution in [2.45, 2.75) is 25.3 Å². The predicted octanol–water partition coefficient (Wildman–Crippen LogP) is -0.921. The molecule has 8 heteroatoms. The highest BCUT2D eigenvalue weighted by Crippen LogP contribution is 2.30. The summed E-state index contributed by atoms with van der Waals surface area (Å²) in [5.41, 5.74) is 2.10. The van der Waals surface area contributed by atoms with Gasteiger partial charge < -0.3 is 25.1 Å². The van der Waals surface area contributed by atoms with E-state index < -0.39 is 29.4 Å². The number of urea groups is 1. The highest BCUT2D eigenvalue weighted by Gasteiger charge is 2.39. The SMILES string of the molecule is Cc1cccc(C)c1NC(=O)N1[C@@H](C(=O)[O-])CS[C@@H]1C(=O)[O-]. The number of hydrogen-bond acceptors (Lipinski definition) is 6. The van der Waals surface area contributed by atoms with Crippen molar-refractivity contribution in [3.8, 4) is 0 Å². The maximum Gasteiger partial charge on any atom is 0.323 e. The van der Waals surface area contributed by atoms with Crippen LogP contribution in [0.4, 0.5) is 10.5 Å². The summed E-state index contributed by atoms with van der Waals surface area (Å²) in [5, 5.41) is 23.4. The maximum atomic E-state index is 12.4. The fraction of sp³-hybridized carbons (Fsp3) is 0.357. The van der Waals surface area contributed by atoms with Crippen LogP contribution in [0.1, 0.15) is 11.1 Å². The number of carboxylic acid groups (broad SMARTS) is 2. The number of nitrogens with zero attached hydrogens (tertiary/aromatic N) is 1. The van der Waals surface area contributed by atoms with Gasteiger partial charge in [0.2, 0.25) is 0 Å². The number of hydrogen-bond donors (Lipinski definition) is 1. The van der Waals surface area contributed by atoms with Gasteiger partial charge in [0.25, 0.3) is 0 Å². The van der Waals surface area contributed by atoms with Crippen LogP contribution in [0.2, 0.25) is 0 Å². The van der Waals surface area contributed by atoms with Crippen LogP contribution < -0.4 is 15.5 Å². The number of benzene rings is 1. The van der Waals surface area contributed by atoms with Gasteiger partial charge >= 0.3 is 6.03 Å². The van der Waals surface area contributed by atoms with Crippen molar-refractivity contribution < 1.29 is 24.6 Å². The van der Waals surface area contributed by atoms with Crippen molar-refractivity contribution in [3.05, 3.63) is 29.3 Å². The minimum Gasteiger partial charge on any atom is -0.548 e. The molecule has 7 nitrogen and oxygen atoms in total. The lowest BCUT2D eigenvalue weighted by Crippen LogP contribution is -2.55. The Labute approximate surface area is 131 Å². The zero-order chi connectivity index (χ0) is 16.4. The summed E-state index contributed by atoms with van der Waals surface area (Å²) in [5.74, 6) is -3.06. The number of aliphatic carboxylic acids is 2. The van der Waals surface area contributed by atoms with Crippen LogP contribution in [0.25, 0.3) is 0 Å². The number of amides is 2. The van der Waals surface area contributed by atoms with Gasteiger partial charge in [-0.05, 0) is 25.0 Å². The minimum absolute atomic E-state index is 0.0544. The Morgan fingerprint density at radius 1 is 1.18 bits per heavy atom. The molecule has 0 aromatic heterocycles. The molecule has 0 aliphatic carbocycles. The first-order valence-electron chi connectivity index (χ1n) is 6.51. The number of carbonyl (C=O) groups is 3. The van der Waals surface area contributed by atoms with Crippen molar-refractivity contribution in [3.63, 3.8) is 0 Å². The molecular formula is C14H14N2O5S-2. The van der Waals surface area contributed by atoms with Crippen LogP contribution in [0.5, 0.6) is 0 Å². The quantitative estimate of drug-likeness (QED) is 0.770. The third-order valence-corrected chi connectivity index (χ3v) is 4.67. The second-order valence-corrected chi connectivity index (χ2v) is 6.06. The average molecular weight is 322 g/mol. The molecule has 1 aromatic carbocycles. The first kappa shape index (κ1) is 16.2. The molecule has 1 N–H and O–H groups in total. The van der Waals surface area contributed by atoms with E-state index in [0.29, 0.717) is 5.69 Å². The molecule has 1 saturated heterocycles. The Morgan fingerprint density at radius 3 is 2.27 bits per heavy atom. The first-order valence-corrected chi connectivity index (χ1v) is 7.56. The summed E-state index contributed by atoms with van der Waals surface area (Å²) in [6.07, 6.45) is 0. The fourth-order valence-electron chi connectivity index (χ4n) is 2.30. The zero-order valence-corrected chi connectivity index (χ0v) is 12.8. The number of anilines is 1. The smallest absolute Gasteiger partial charge is 0.323 e. The van der Waals surface area contributed by atoms with Crippen LogP contribution in [0.3, 0.4) is 0 Å². The molecule has 0 radical (unpaired) electrons. The molecule has 0 bridgehead atoms. The van der Waals surface area contributed by atoms with Gasteiger partial charge in [-0.25, -0.2) is 4.79 Å². The molecule has 0 unspecified atom stereocenters. The molecule has 0 saturated carbocycles. The van der Waals surface area contributed by atoms with Gasteiger partial charge in [0.05, 0.1) is 18.0 Å². The van der Waals surface area contributed by atoms with Gasteiger partial charge in [-0.1, -0.05) is 18.2 Å². The van der Waals surface area contributed by atoms with Gasteiger partial charge in [-0.2, -0.15) is 0 Å². The molecule has 1 fully saturated rings. The Hall–Kier alpha value is -2.22. The summed E-state index contributed by atoms with van der Waals surface area (Å²) in [6, 6.07) is 3.28. The third-order valence-electron chi connectivity index (χ3n) is 3.42. The molecule has 2 amide bonds. The van der Waals surface area contributed by atoms with Crippen molar-refractivity contribution in [1.82, 2.24) is 4.90 Å². The molecule has 22 heavy (non-hydrogen) atoms. The molecular weight excluding hydrogens is 308 g/mol. The van der Waals surface area contributed by atoms with E-state index in [0.717, 1.165) is 27.8 Å². The lowest BCUT2D eigenvalue weighted by Gasteiger charge is -2.30. The summed E-state index contributed by atoms with van der Waals surface area (Å²) in [7, 11) is 0. The van der Waals surface area contributed by atoms with E-state index in [9.17, 15) is 24.6 Å². The van der Waals surface area contributed by atoms with Crippen LogP contribution in [0, 0.1) is 13.8 Å². The molecule has 0 spiro atoms. The summed E-state index contributed by atoms with van der Waals surface area (Å²) < 4.78 is 0. The van der Waals surface area contributed by atoms with Crippen LogP contribution in [0.15, 0.2) is 18.2 Å². The first-order chi connectivity index (χ1) is 10.3. The van der Waals surface area contributed by atoms with Crippen molar-refractivity contribution in [2.24, 2.45) is 0 Å². The summed E-state index contributed by atoms with van der Waals surface area (Å²) >= 11 is 0.825. The molecule has 118 valence electrons. The number of para-hydroxylation sites is 1. The van der Waals surface area contributed by atoms with Crippen LogP contribution in [-0.2, 0) is 9.59 Å². The Balaban J connectivity index is 2.28. The van der Waals surface area contributed by atoms with Gasteiger partial charge in [0.15, 0.2) is 0 Å². The van der Waals surface area contributed by atoms with Crippen LogP contribution in [-0.4, -0.2) is 40.0 Å². The predicted molar refractivity (Wildman–Crippen MR) is 76.8 cm³/mol. The highest BCUT2D eigenvalue weighted by molar-refractivity contribution is 8.00. The van der Waals surface area contributed by atoms with Crippen molar-refractivity contribution in [1.29, 1.82) is 0 Å². The van der Waals surface area contributed by atoms with Gasteiger partial charge in [-0.15, -0.1) is 11.8 Å². The number of nitrogens with one attached hydrogen (secondary N) is 1. The van der Waals surface area contributed by atoms with Crippen LogP contribution >= 0.6 is 11.8 Å². The van der Waals surface area contributed by atoms with E-state index in [1.807, 2.05) is 6.07 Å². The number of carbonyl (C=O) groups excluding carboxylic acids is 3. The molecule has 2 atom stereocenters. The Kier molecular flexibility index (Phi) is 4.60. The van der Waals surface area contributed by atoms with E-state index in [4.69, 9.17) is 0 Å². The van der Waals surface area contributed by atoms with E-state index in [2.05, 4.69) is 5.32 Å². The fourth-order valence-corrected chi connectivity index (χ4v) is 3.50. The van der Waals surface area contributed by atoms with E-state index in [1.165, 1.54) is 0 Å². The summed E-state index contributed by atoms with van der Waals surface area (Å²) in [6.45, 7) is 3.57. The van der Waals surface area contributed by atoms with E-state index in [1.54, 1.807) is 26.0 Å². The maximum absolute atomic E-state index is 12.4. The highest BCUT2D eigenvalue weighted by atomic mass is 32.2. The van der Waals surface area contributed by atoms with E-state index in [-0.39, 0.29) is 5.75 Å². The summed E-state index contributed by atoms with van der Waals surface area (Å²) in [4.78, 5) is 35.3. The van der Waals surface area contributed by atoms with Gasteiger partial charge in [-0.3, -0.25) is 4.90 Å². The molecule has 1 heterocycles. The lowest BCUT2D eigenvalue weighted by molar-refractivity contribution is -0.313. The Morgan fingerprint density at radius 2 is 1.77 bits per heavy atom. The molecule has 1 aliphatic rings. The average Bonchev–Trinajstić information content (AvgIpc) is 2.88. The number of carboxylic acids is 2. The topological polar surface area (TPSA) is 113 Å². The second kappa shape index (κ2) is 6.27. The molecule has 2 rings (SSSR count). The molecule has 1 aliphatic heterocycles. The normalized spacial score (nSPS) is 20.7. The second-order valence-electron chi connectivity index (χ2n) is 4.94. The van der Waals surface area contributed by atoms with E-state index >= 15 is 0 Å². The zero-order valence-electron chi connectivity index (χ0n) is 12.0. The van der Waals surface area contributed by atoms with Gasteiger partial charge in [0.1, 0.15) is 5.37 Å². The van der Waals surface area contributed by atoms with Crippen molar-refractivity contribution >= 4 is 35.4 Å². The number of aryl methyl sites for hydroxylation is 2. The number of thioether (sulfide) groups is 1. The lowest BCUT2D eigenvalue weighted by atomic mass is 10.1. The minimum atomic E-state index is -1.51. The standard InChI is InChI=1S/C14H16N2O5S/c1-7-4-3-5-8(2)10(7)15-14(21)16-9(12(17)18)6-22-11(16)13(19)20/h3-5,9,11H,6H2,1-2H3,(H,15,21)(H,17,18)(H,19,20)/p-2/t9-,11-/m1/s1. The van der Waals surface area contributed by atoms with Crippen molar-refractivity contribution in [2.75, 3.05) is 11.1 Å².